The summed E-state index contributed by atoms with van der Waals surface area (Å²) in [6.07, 6.45) is 3.96. The third-order valence-corrected chi connectivity index (χ3v) is 4.82. The maximum atomic E-state index is 5.78. The van der Waals surface area contributed by atoms with E-state index in [1.165, 1.54) is 5.56 Å². The van der Waals surface area contributed by atoms with Gasteiger partial charge in [0.2, 0.25) is 0 Å². The topological polar surface area (TPSA) is 66.7 Å². The zero-order valence-corrected chi connectivity index (χ0v) is 22.3. The van der Waals surface area contributed by atoms with Gasteiger partial charge in [0.1, 0.15) is 5.75 Å². The lowest BCUT2D eigenvalue weighted by Crippen LogP contribution is -2.39. The number of guanidine groups is 1. The van der Waals surface area contributed by atoms with Gasteiger partial charge >= 0.3 is 0 Å². The first-order chi connectivity index (χ1) is 14.3. The maximum absolute atomic E-state index is 5.78. The standard InChI is InChI=1S/C23H38N6O.HI/c1-8-24-23(25-14-22(28(5)6)20-13-26-29(7)15-20)27-18(4)19-9-11-21(12-10-19)30-16-17(2)3;/h9-13,15,17-18,22H,8,14,16H2,1-7H3,(H2,24,25,27);1H. The molecule has 0 saturated heterocycles. The molecule has 31 heavy (non-hydrogen) atoms. The van der Waals surface area contributed by atoms with Gasteiger partial charge in [-0.2, -0.15) is 5.10 Å². The largest absolute Gasteiger partial charge is 0.493 e. The molecular formula is C23H39IN6O. The van der Waals surface area contributed by atoms with E-state index in [-0.39, 0.29) is 36.1 Å². The van der Waals surface area contributed by atoms with Crippen molar-refractivity contribution >= 4 is 29.9 Å². The summed E-state index contributed by atoms with van der Waals surface area (Å²) in [5.74, 6) is 2.23. The molecule has 2 unspecified atom stereocenters. The minimum absolute atomic E-state index is 0. The fourth-order valence-electron chi connectivity index (χ4n) is 3.08. The smallest absolute Gasteiger partial charge is 0.191 e. The van der Waals surface area contributed by atoms with Crippen molar-refractivity contribution in [3.63, 3.8) is 0 Å². The number of nitrogens with one attached hydrogen (secondary N) is 2. The molecule has 2 atom stereocenters. The summed E-state index contributed by atoms with van der Waals surface area (Å²) in [5, 5.41) is 11.2. The van der Waals surface area contributed by atoms with Crippen molar-refractivity contribution in [2.75, 3.05) is 33.8 Å². The molecule has 0 fully saturated rings. The van der Waals surface area contributed by atoms with E-state index in [0.29, 0.717) is 12.5 Å². The molecule has 0 aliphatic heterocycles. The summed E-state index contributed by atoms with van der Waals surface area (Å²) >= 11 is 0. The molecule has 1 heterocycles. The summed E-state index contributed by atoms with van der Waals surface area (Å²) in [4.78, 5) is 7.01. The fraction of sp³-hybridized carbons (Fsp3) is 0.565. The van der Waals surface area contributed by atoms with Crippen LogP contribution in [-0.2, 0) is 7.05 Å². The highest BCUT2D eigenvalue weighted by molar-refractivity contribution is 14.0. The van der Waals surface area contributed by atoms with Crippen molar-refractivity contribution in [1.29, 1.82) is 0 Å². The first-order valence-corrected chi connectivity index (χ1v) is 10.7. The Labute approximate surface area is 204 Å². The zero-order chi connectivity index (χ0) is 22.1. The van der Waals surface area contributed by atoms with Crippen LogP contribution in [0.15, 0.2) is 41.7 Å². The van der Waals surface area contributed by atoms with E-state index < -0.39 is 0 Å². The van der Waals surface area contributed by atoms with E-state index in [0.717, 1.165) is 30.4 Å². The lowest BCUT2D eigenvalue weighted by atomic mass is 10.1. The summed E-state index contributed by atoms with van der Waals surface area (Å²) < 4.78 is 7.61. The monoisotopic (exact) mass is 542 g/mol. The van der Waals surface area contributed by atoms with Crippen LogP contribution in [0.25, 0.3) is 0 Å². The number of halogens is 1. The van der Waals surface area contributed by atoms with Crippen LogP contribution in [0.3, 0.4) is 0 Å². The molecule has 2 aromatic rings. The van der Waals surface area contributed by atoms with Crippen LogP contribution in [0.2, 0.25) is 0 Å². The van der Waals surface area contributed by atoms with Crippen LogP contribution in [0.5, 0.6) is 5.75 Å². The molecule has 174 valence electrons. The van der Waals surface area contributed by atoms with E-state index in [9.17, 15) is 0 Å². The Morgan fingerprint density at radius 2 is 1.84 bits per heavy atom. The number of likely N-dealkylation sites (N-methyl/N-ethyl adjacent to an activating group) is 1. The summed E-state index contributed by atoms with van der Waals surface area (Å²) in [5.41, 5.74) is 2.35. The molecule has 0 radical (unpaired) electrons. The average Bonchev–Trinajstić information content (AvgIpc) is 3.12. The second-order valence-corrected chi connectivity index (χ2v) is 8.29. The van der Waals surface area contributed by atoms with Crippen LogP contribution >= 0.6 is 24.0 Å². The summed E-state index contributed by atoms with van der Waals surface area (Å²) in [7, 11) is 6.07. The van der Waals surface area contributed by atoms with Gasteiger partial charge in [0.25, 0.3) is 0 Å². The average molecular weight is 543 g/mol. The van der Waals surface area contributed by atoms with Gasteiger partial charge in [0.05, 0.1) is 31.4 Å². The normalized spacial score (nSPS) is 13.6. The van der Waals surface area contributed by atoms with E-state index in [1.807, 2.05) is 36.3 Å². The van der Waals surface area contributed by atoms with E-state index in [4.69, 9.17) is 9.73 Å². The number of aryl methyl sites for hydroxylation is 1. The molecule has 1 aromatic carbocycles. The van der Waals surface area contributed by atoms with Crippen LogP contribution in [-0.4, -0.2) is 54.4 Å². The predicted octanol–water partition coefficient (Wildman–Crippen LogP) is 3.99. The van der Waals surface area contributed by atoms with Crippen molar-refractivity contribution in [3.8, 4) is 5.75 Å². The zero-order valence-electron chi connectivity index (χ0n) is 19.9. The van der Waals surface area contributed by atoms with Gasteiger partial charge in [-0.25, -0.2) is 0 Å². The quantitative estimate of drug-likeness (QED) is 0.270. The Kier molecular flexibility index (Phi) is 11.9. The molecule has 0 aliphatic rings. The number of hydrogen-bond acceptors (Lipinski definition) is 4. The van der Waals surface area contributed by atoms with Gasteiger partial charge in [0, 0.05) is 25.4 Å². The van der Waals surface area contributed by atoms with Crippen LogP contribution in [0, 0.1) is 5.92 Å². The highest BCUT2D eigenvalue weighted by Gasteiger charge is 2.16. The van der Waals surface area contributed by atoms with Crippen LogP contribution in [0.4, 0.5) is 0 Å². The maximum Gasteiger partial charge on any atom is 0.191 e. The molecule has 2 rings (SSSR count). The molecule has 0 aliphatic carbocycles. The number of benzene rings is 1. The van der Waals surface area contributed by atoms with Gasteiger partial charge in [-0.3, -0.25) is 9.67 Å². The summed E-state index contributed by atoms with van der Waals surface area (Å²) in [6, 6.07) is 8.57. The number of ether oxygens (including phenoxy) is 1. The van der Waals surface area contributed by atoms with Crippen molar-refractivity contribution in [1.82, 2.24) is 25.3 Å². The lowest BCUT2D eigenvalue weighted by Gasteiger charge is -2.23. The SMILES string of the molecule is CCNC(=NCC(c1cnn(C)c1)N(C)C)NC(C)c1ccc(OCC(C)C)cc1.I. The molecule has 0 spiro atoms. The Hall–Kier alpha value is -1.81. The van der Waals surface area contributed by atoms with E-state index in [2.05, 4.69) is 74.6 Å². The summed E-state index contributed by atoms with van der Waals surface area (Å²) in [6.45, 7) is 10.7. The fourth-order valence-corrected chi connectivity index (χ4v) is 3.08. The molecule has 7 nitrogen and oxygen atoms in total. The number of hydrogen-bond donors (Lipinski definition) is 2. The first-order valence-electron chi connectivity index (χ1n) is 10.7. The Morgan fingerprint density at radius 3 is 2.35 bits per heavy atom. The highest BCUT2D eigenvalue weighted by atomic mass is 127. The first kappa shape index (κ1) is 27.2. The molecular weight excluding hydrogens is 503 g/mol. The Bertz CT molecular complexity index is 788. The predicted molar refractivity (Wildman–Crippen MR) is 139 cm³/mol. The van der Waals surface area contributed by atoms with Gasteiger partial charge in [-0.15, -0.1) is 24.0 Å². The Morgan fingerprint density at radius 1 is 1.16 bits per heavy atom. The van der Waals surface area contributed by atoms with Crippen molar-refractivity contribution < 1.29 is 4.74 Å². The minimum atomic E-state index is 0. The second kappa shape index (κ2) is 13.6. The van der Waals surface area contributed by atoms with Crippen molar-refractivity contribution in [2.24, 2.45) is 18.0 Å². The van der Waals surface area contributed by atoms with Gasteiger partial charge in [-0.1, -0.05) is 26.0 Å². The second-order valence-electron chi connectivity index (χ2n) is 8.29. The molecule has 0 amide bonds. The Balaban J connectivity index is 0.00000480. The highest BCUT2D eigenvalue weighted by Crippen LogP contribution is 2.19. The molecule has 1 aromatic heterocycles. The number of aromatic nitrogens is 2. The number of nitrogens with zero attached hydrogens (tertiary/aromatic N) is 4. The van der Waals surface area contributed by atoms with E-state index in [1.54, 1.807) is 0 Å². The number of aliphatic imine (C=N–C) groups is 1. The third kappa shape index (κ3) is 9.06. The molecule has 2 N–H and O–H groups in total. The van der Waals surface area contributed by atoms with Crippen LogP contribution < -0.4 is 15.4 Å². The van der Waals surface area contributed by atoms with Crippen LogP contribution in [0.1, 0.15) is 50.9 Å². The molecule has 8 heteroatoms. The van der Waals surface area contributed by atoms with E-state index >= 15 is 0 Å². The van der Waals surface area contributed by atoms with Crippen molar-refractivity contribution in [2.45, 2.75) is 39.8 Å². The lowest BCUT2D eigenvalue weighted by molar-refractivity contribution is 0.271. The third-order valence-electron chi connectivity index (χ3n) is 4.82. The van der Waals surface area contributed by atoms with Gasteiger partial charge in [0.15, 0.2) is 5.96 Å². The minimum Gasteiger partial charge on any atom is -0.493 e. The van der Waals surface area contributed by atoms with Gasteiger partial charge < -0.3 is 20.3 Å². The number of rotatable bonds is 10. The van der Waals surface area contributed by atoms with Gasteiger partial charge in [-0.05, 0) is 51.6 Å². The molecule has 0 bridgehead atoms. The molecule has 0 saturated carbocycles. The van der Waals surface area contributed by atoms with Crippen molar-refractivity contribution in [3.05, 3.63) is 47.8 Å².